The van der Waals surface area contributed by atoms with Crippen molar-refractivity contribution in [2.24, 2.45) is 10.4 Å². The molecule has 0 aromatic heterocycles. The Morgan fingerprint density at radius 3 is 2.39 bits per heavy atom. The van der Waals surface area contributed by atoms with Crippen LogP contribution in [0.15, 0.2) is 53.5 Å². The molecule has 3 aliphatic rings. The van der Waals surface area contributed by atoms with Gasteiger partial charge in [0.15, 0.2) is 0 Å². The zero-order valence-corrected chi connectivity index (χ0v) is 16.8. The Labute approximate surface area is 168 Å². The van der Waals surface area contributed by atoms with Gasteiger partial charge >= 0.3 is 0 Å². The molecule has 0 unspecified atom stereocenters. The van der Waals surface area contributed by atoms with Crippen molar-refractivity contribution in [3.05, 3.63) is 59.7 Å². The largest absolute Gasteiger partial charge is 0.372 e. The lowest BCUT2D eigenvalue weighted by Gasteiger charge is -2.42. The van der Waals surface area contributed by atoms with E-state index in [2.05, 4.69) is 58.7 Å². The van der Waals surface area contributed by atoms with Gasteiger partial charge in [0.05, 0.1) is 6.54 Å². The van der Waals surface area contributed by atoms with Gasteiger partial charge < -0.3 is 10.2 Å². The summed E-state index contributed by atoms with van der Waals surface area (Å²) in [5, 5.41) is 3.73. The maximum atomic E-state index is 5.15. The molecule has 2 aromatic carbocycles. The van der Waals surface area contributed by atoms with E-state index in [4.69, 9.17) is 4.99 Å². The van der Waals surface area contributed by atoms with Crippen LogP contribution in [0, 0.1) is 5.41 Å². The first kappa shape index (κ1) is 17.8. The van der Waals surface area contributed by atoms with Gasteiger partial charge in [-0.25, -0.2) is 0 Å². The van der Waals surface area contributed by atoms with Gasteiger partial charge in [-0.2, -0.15) is 0 Å². The van der Waals surface area contributed by atoms with Gasteiger partial charge in [-0.1, -0.05) is 49.6 Å². The summed E-state index contributed by atoms with van der Waals surface area (Å²) < 4.78 is 0. The molecule has 5 rings (SSSR count). The lowest BCUT2D eigenvalue weighted by Crippen LogP contribution is -2.43. The van der Waals surface area contributed by atoms with E-state index in [1.54, 1.807) is 0 Å². The summed E-state index contributed by atoms with van der Waals surface area (Å²) in [6, 6.07) is 17.9. The lowest BCUT2D eigenvalue weighted by molar-refractivity contribution is 0.278. The Morgan fingerprint density at radius 2 is 1.61 bits per heavy atom. The highest BCUT2D eigenvalue weighted by Gasteiger charge is 2.40. The molecule has 0 radical (unpaired) electrons. The van der Waals surface area contributed by atoms with Crippen molar-refractivity contribution in [1.82, 2.24) is 0 Å². The number of rotatable bonds is 3. The predicted octanol–water partition coefficient (Wildman–Crippen LogP) is 5.80. The average Bonchev–Trinajstić information content (AvgIpc) is 3.28. The van der Waals surface area contributed by atoms with Crippen LogP contribution in [0.4, 0.5) is 11.4 Å². The number of nitrogens with zero attached hydrogens (tertiary/aromatic N) is 2. The van der Waals surface area contributed by atoms with Crippen molar-refractivity contribution in [3.8, 4) is 0 Å². The molecule has 2 aromatic rings. The molecule has 3 heteroatoms. The number of benzene rings is 2. The Kier molecular flexibility index (Phi) is 4.84. The molecule has 1 saturated heterocycles. The molecule has 3 nitrogen and oxygen atoms in total. The normalized spacial score (nSPS) is 22.3. The van der Waals surface area contributed by atoms with Crippen molar-refractivity contribution in [1.29, 1.82) is 0 Å². The lowest BCUT2D eigenvalue weighted by atomic mass is 9.67. The Bertz CT molecular complexity index is 840. The van der Waals surface area contributed by atoms with Crippen LogP contribution in [-0.4, -0.2) is 18.9 Å². The third-order valence-corrected chi connectivity index (χ3v) is 6.94. The van der Waals surface area contributed by atoms with E-state index in [0.29, 0.717) is 0 Å². The van der Waals surface area contributed by atoms with Crippen LogP contribution in [0.25, 0.3) is 0 Å². The second-order valence-corrected chi connectivity index (χ2v) is 8.83. The molecular weight excluding hydrogens is 342 g/mol. The van der Waals surface area contributed by atoms with Crippen LogP contribution in [0.1, 0.15) is 56.1 Å². The SMILES string of the molecule is c1ccc2c(c1)CC1(CCCCC1)C(=NCc1ccc(N3CCCC3)cc1)N2. The summed E-state index contributed by atoms with van der Waals surface area (Å²) in [6.07, 6.45) is 10.3. The standard InChI is InChI=1S/C25H31N3/c1-4-14-25(15-5-1)18-21-8-2-3-9-23(21)27-24(25)26-19-20-10-12-22(13-11-20)28-16-6-7-17-28/h2-3,8-13H,1,4-7,14-19H2,(H,26,27). The van der Waals surface area contributed by atoms with Crippen molar-refractivity contribution in [2.45, 2.75) is 57.9 Å². The highest BCUT2D eigenvalue weighted by Crippen LogP contribution is 2.45. The Hall–Kier alpha value is -2.29. The number of nitrogens with one attached hydrogen (secondary N) is 1. The number of hydrogen-bond donors (Lipinski definition) is 1. The highest BCUT2D eigenvalue weighted by molar-refractivity contribution is 6.02. The minimum atomic E-state index is 0.224. The molecule has 1 N–H and O–H groups in total. The summed E-state index contributed by atoms with van der Waals surface area (Å²) in [6.45, 7) is 3.17. The molecule has 0 amide bonds. The maximum absolute atomic E-state index is 5.15. The maximum Gasteiger partial charge on any atom is 0.108 e. The number of anilines is 2. The highest BCUT2D eigenvalue weighted by atomic mass is 15.1. The van der Waals surface area contributed by atoms with Crippen molar-refractivity contribution < 1.29 is 0 Å². The molecule has 146 valence electrons. The van der Waals surface area contributed by atoms with Gasteiger partial charge in [0, 0.05) is 29.9 Å². The minimum absolute atomic E-state index is 0.224. The number of para-hydroxylation sites is 1. The molecule has 2 fully saturated rings. The van der Waals surface area contributed by atoms with Crippen LogP contribution in [0.2, 0.25) is 0 Å². The van der Waals surface area contributed by atoms with E-state index in [9.17, 15) is 0 Å². The first-order valence-corrected chi connectivity index (χ1v) is 11.1. The van der Waals surface area contributed by atoms with Crippen molar-refractivity contribution >= 4 is 17.2 Å². The van der Waals surface area contributed by atoms with Crippen LogP contribution in [-0.2, 0) is 13.0 Å². The van der Waals surface area contributed by atoms with Crippen LogP contribution >= 0.6 is 0 Å². The number of aliphatic imine (C=N–C) groups is 1. The predicted molar refractivity (Wildman–Crippen MR) is 118 cm³/mol. The van der Waals surface area contributed by atoms with Gasteiger partial charge in [-0.05, 0) is 61.4 Å². The monoisotopic (exact) mass is 373 g/mol. The van der Waals surface area contributed by atoms with Gasteiger partial charge in [0.1, 0.15) is 5.84 Å². The third kappa shape index (κ3) is 3.43. The van der Waals surface area contributed by atoms with E-state index in [0.717, 1.165) is 13.0 Å². The fraction of sp³-hybridized carbons (Fsp3) is 0.480. The number of amidine groups is 1. The number of hydrogen-bond acceptors (Lipinski definition) is 2. The quantitative estimate of drug-likeness (QED) is 0.736. The van der Waals surface area contributed by atoms with E-state index >= 15 is 0 Å². The van der Waals surface area contributed by atoms with E-state index in [-0.39, 0.29) is 5.41 Å². The fourth-order valence-corrected chi connectivity index (χ4v) is 5.31. The van der Waals surface area contributed by atoms with E-state index < -0.39 is 0 Å². The zero-order valence-electron chi connectivity index (χ0n) is 16.8. The molecule has 2 heterocycles. The van der Waals surface area contributed by atoms with Gasteiger partial charge in [0.25, 0.3) is 0 Å². The third-order valence-electron chi connectivity index (χ3n) is 6.94. The molecular formula is C25H31N3. The molecule has 0 bridgehead atoms. The average molecular weight is 374 g/mol. The van der Waals surface area contributed by atoms with E-state index in [1.165, 1.54) is 86.4 Å². The van der Waals surface area contributed by atoms with E-state index in [1.807, 2.05) is 0 Å². The van der Waals surface area contributed by atoms with Gasteiger partial charge in [-0.15, -0.1) is 0 Å². The zero-order chi connectivity index (χ0) is 18.8. The second kappa shape index (κ2) is 7.62. The first-order valence-electron chi connectivity index (χ1n) is 11.1. The Balaban J connectivity index is 1.37. The van der Waals surface area contributed by atoms with Gasteiger partial charge in [-0.3, -0.25) is 4.99 Å². The van der Waals surface area contributed by atoms with Crippen LogP contribution in [0.3, 0.4) is 0 Å². The number of fused-ring (bicyclic) bond motifs is 1. The minimum Gasteiger partial charge on any atom is -0.372 e. The molecule has 1 aliphatic carbocycles. The molecule has 1 spiro atoms. The Morgan fingerprint density at radius 1 is 0.857 bits per heavy atom. The summed E-state index contributed by atoms with van der Waals surface area (Å²) in [5.74, 6) is 1.23. The summed E-state index contributed by atoms with van der Waals surface area (Å²) >= 11 is 0. The van der Waals surface area contributed by atoms with Gasteiger partial charge in [0.2, 0.25) is 0 Å². The molecule has 1 saturated carbocycles. The fourth-order valence-electron chi connectivity index (χ4n) is 5.31. The molecule has 28 heavy (non-hydrogen) atoms. The first-order chi connectivity index (χ1) is 13.8. The topological polar surface area (TPSA) is 27.6 Å². The molecule has 0 atom stereocenters. The summed E-state index contributed by atoms with van der Waals surface area (Å²) in [5.41, 5.74) is 5.60. The molecule has 2 aliphatic heterocycles. The smallest absolute Gasteiger partial charge is 0.108 e. The summed E-state index contributed by atoms with van der Waals surface area (Å²) in [4.78, 5) is 7.64. The van der Waals surface area contributed by atoms with Crippen molar-refractivity contribution in [3.63, 3.8) is 0 Å². The second-order valence-electron chi connectivity index (χ2n) is 8.83. The summed E-state index contributed by atoms with van der Waals surface area (Å²) in [7, 11) is 0. The van der Waals surface area contributed by atoms with Crippen molar-refractivity contribution in [2.75, 3.05) is 23.3 Å². The van der Waals surface area contributed by atoms with Crippen LogP contribution in [0.5, 0.6) is 0 Å². The van der Waals surface area contributed by atoms with Crippen LogP contribution < -0.4 is 10.2 Å².